The van der Waals surface area contributed by atoms with Crippen LogP contribution in [0.25, 0.3) is 0 Å². The van der Waals surface area contributed by atoms with Crippen LogP contribution in [0.1, 0.15) is 12.0 Å². The molecule has 1 unspecified atom stereocenters. The fourth-order valence-corrected chi connectivity index (χ4v) is 3.39. The number of urea groups is 1. The number of hydrogen-bond donors (Lipinski definition) is 2. The van der Waals surface area contributed by atoms with Crippen molar-refractivity contribution in [3.63, 3.8) is 0 Å². The molecule has 138 valence electrons. The van der Waals surface area contributed by atoms with Crippen molar-refractivity contribution in [2.75, 3.05) is 38.2 Å². The zero-order valence-electron chi connectivity index (χ0n) is 15.3. The Hall–Kier alpha value is -2.69. The summed E-state index contributed by atoms with van der Waals surface area (Å²) in [6, 6.07) is 18.2. The van der Waals surface area contributed by atoms with Crippen LogP contribution in [0.3, 0.4) is 0 Å². The fraction of sp³-hybridized carbons (Fsp3) is 0.381. The molecular formula is C21H27N3O2. The highest BCUT2D eigenvalue weighted by Gasteiger charge is 2.22. The minimum Gasteiger partial charge on any atom is -0.496 e. The van der Waals surface area contributed by atoms with Crippen molar-refractivity contribution in [1.82, 2.24) is 10.6 Å². The first-order valence-corrected chi connectivity index (χ1v) is 9.20. The molecule has 1 fully saturated rings. The van der Waals surface area contributed by atoms with E-state index in [2.05, 4.69) is 39.8 Å². The number of benzene rings is 2. The van der Waals surface area contributed by atoms with Gasteiger partial charge in [-0.15, -0.1) is 0 Å². The summed E-state index contributed by atoms with van der Waals surface area (Å²) in [5.74, 6) is 1.36. The Morgan fingerprint density at radius 3 is 2.69 bits per heavy atom. The Labute approximate surface area is 155 Å². The molecule has 26 heavy (non-hydrogen) atoms. The number of amides is 2. The largest absolute Gasteiger partial charge is 0.496 e. The summed E-state index contributed by atoms with van der Waals surface area (Å²) in [4.78, 5) is 14.4. The number of carbonyl (C=O) groups is 1. The second-order valence-electron chi connectivity index (χ2n) is 6.63. The molecule has 2 N–H and O–H groups in total. The third kappa shape index (κ3) is 4.91. The van der Waals surface area contributed by atoms with Gasteiger partial charge in [0.05, 0.1) is 7.11 Å². The summed E-state index contributed by atoms with van der Waals surface area (Å²) < 4.78 is 5.33. The molecule has 5 nitrogen and oxygen atoms in total. The van der Waals surface area contributed by atoms with Crippen molar-refractivity contribution in [1.29, 1.82) is 0 Å². The lowest BCUT2D eigenvalue weighted by Gasteiger charge is -2.18. The van der Waals surface area contributed by atoms with E-state index >= 15 is 0 Å². The predicted octanol–water partition coefficient (Wildman–Crippen LogP) is 3.06. The smallest absolute Gasteiger partial charge is 0.314 e. The van der Waals surface area contributed by atoms with Crippen LogP contribution in [0.15, 0.2) is 54.6 Å². The van der Waals surface area contributed by atoms with Gasteiger partial charge in [-0.25, -0.2) is 4.79 Å². The van der Waals surface area contributed by atoms with E-state index in [1.165, 1.54) is 5.69 Å². The first-order chi connectivity index (χ1) is 12.8. The Bertz CT molecular complexity index is 705. The fourth-order valence-electron chi connectivity index (χ4n) is 3.39. The molecule has 1 atom stereocenters. The highest BCUT2D eigenvalue weighted by Crippen LogP contribution is 2.23. The molecule has 2 aromatic rings. The van der Waals surface area contributed by atoms with E-state index in [9.17, 15) is 4.79 Å². The zero-order valence-corrected chi connectivity index (χ0v) is 15.3. The summed E-state index contributed by atoms with van der Waals surface area (Å²) in [5.41, 5.74) is 2.36. The van der Waals surface area contributed by atoms with Gasteiger partial charge >= 0.3 is 6.03 Å². The average Bonchev–Trinajstić information content (AvgIpc) is 3.16. The van der Waals surface area contributed by atoms with Crippen LogP contribution in [-0.4, -0.2) is 39.3 Å². The number of nitrogens with zero attached hydrogens (tertiary/aromatic N) is 1. The number of carbonyl (C=O) groups excluding carboxylic acids is 1. The molecule has 2 amide bonds. The van der Waals surface area contributed by atoms with Gasteiger partial charge in [-0.3, -0.25) is 0 Å². The number of anilines is 1. The van der Waals surface area contributed by atoms with Crippen molar-refractivity contribution in [2.45, 2.75) is 12.8 Å². The van der Waals surface area contributed by atoms with Gasteiger partial charge in [0.25, 0.3) is 0 Å². The number of ether oxygens (including phenoxy) is 1. The molecule has 1 aliphatic rings. The quantitative estimate of drug-likeness (QED) is 0.804. The highest BCUT2D eigenvalue weighted by atomic mass is 16.5. The van der Waals surface area contributed by atoms with Crippen LogP contribution in [-0.2, 0) is 6.42 Å². The van der Waals surface area contributed by atoms with Gasteiger partial charge in [0.1, 0.15) is 5.75 Å². The molecule has 5 heteroatoms. The molecule has 2 aromatic carbocycles. The van der Waals surface area contributed by atoms with E-state index in [1.807, 2.05) is 30.3 Å². The van der Waals surface area contributed by atoms with Crippen molar-refractivity contribution in [3.05, 3.63) is 60.2 Å². The molecular weight excluding hydrogens is 326 g/mol. The molecule has 0 spiro atoms. The molecule has 0 bridgehead atoms. The molecule has 1 saturated heterocycles. The summed E-state index contributed by atoms with van der Waals surface area (Å²) in [7, 11) is 1.67. The van der Waals surface area contributed by atoms with Crippen LogP contribution in [0, 0.1) is 5.92 Å². The highest BCUT2D eigenvalue weighted by molar-refractivity contribution is 5.73. The van der Waals surface area contributed by atoms with Crippen LogP contribution >= 0.6 is 0 Å². The van der Waals surface area contributed by atoms with E-state index in [-0.39, 0.29) is 6.03 Å². The molecule has 0 aliphatic carbocycles. The van der Waals surface area contributed by atoms with Crippen LogP contribution in [0.2, 0.25) is 0 Å². The Kier molecular flexibility index (Phi) is 6.36. The van der Waals surface area contributed by atoms with Gasteiger partial charge in [-0.05, 0) is 42.5 Å². The van der Waals surface area contributed by atoms with Gasteiger partial charge in [0.2, 0.25) is 0 Å². The molecule has 0 aromatic heterocycles. The molecule has 1 aliphatic heterocycles. The van der Waals surface area contributed by atoms with Crippen molar-refractivity contribution in [2.24, 2.45) is 5.92 Å². The van der Waals surface area contributed by atoms with Gasteiger partial charge in [0.15, 0.2) is 0 Å². The van der Waals surface area contributed by atoms with E-state index in [0.29, 0.717) is 19.0 Å². The molecule has 0 radical (unpaired) electrons. The molecule has 1 heterocycles. The zero-order chi connectivity index (χ0) is 18.2. The maximum Gasteiger partial charge on any atom is 0.314 e. The minimum absolute atomic E-state index is 0.0990. The van der Waals surface area contributed by atoms with Crippen molar-refractivity contribution >= 4 is 11.7 Å². The third-order valence-corrected chi connectivity index (χ3v) is 4.83. The monoisotopic (exact) mass is 353 g/mol. The van der Waals surface area contributed by atoms with Gasteiger partial charge < -0.3 is 20.3 Å². The summed E-state index contributed by atoms with van der Waals surface area (Å²) >= 11 is 0. The normalized spacial score (nSPS) is 16.3. The Morgan fingerprint density at radius 2 is 1.88 bits per heavy atom. The first-order valence-electron chi connectivity index (χ1n) is 9.20. The lowest BCUT2D eigenvalue weighted by Crippen LogP contribution is -2.39. The predicted molar refractivity (Wildman–Crippen MR) is 105 cm³/mol. The minimum atomic E-state index is -0.0990. The number of hydrogen-bond acceptors (Lipinski definition) is 3. The number of methoxy groups -OCH3 is 1. The standard InChI is InChI=1S/C21H27N3O2/c1-26-20-10-6-5-7-18(20)11-13-22-21(25)23-15-17-12-14-24(16-17)19-8-3-2-4-9-19/h2-10,17H,11-16H2,1H3,(H2,22,23,25). The van der Waals surface area contributed by atoms with Crippen LogP contribution in [0.4, 0.5) is 10.5 Å². The summed E-state index contributed by atoms with van der Waals surface area (Å²) in [5, 5.41) is 5.93. The molecule has 3 rings (SSSR count). The molecule has 0 saturated carbocycles. The number of nitrogens with one attached hydrogen (secondary N) is 2. The van der Waals surface area contributed by atoms with Crippen LogP contribution in [0.5, 0.6) is 5.75 Å². The summed E-state index contributed by atoms with van der Waals surface area (Å²) in [6.07, 6.45) is 1.86. The maximum absolute atomic E-state index is 12.0. The van der Waals surface area contributed by atoms with E-state index in [4.69, 9.17) is 4.74 Å². The second kappa shape index (κ2) is 9.13. The van der Waals surface area contributed by atoms with Crippen LogP contribution < -0.4 is 20.3 Å². The van der Waals surface area contributed by atoms with Crippen molar-refractivity contribution in [3.8, 4) is 5.75 Å². The van der Waals surface area contributed by atoms with Gasteiger partial charge in [0, 0.05) is 31.9 Å². The van der Waals surface area contributed by atoms with Gasteiger partial charge in [-0.2, -0.15) is 0 Å². The Balaban J connectivity index is 1.36. The number of para-hydroxylation sites is 2. The number of rotatable bonds is 7. The van der Waals surface area contributed by atoms with Gasteiger partial charge in [-0.1, -0.05) is 36.4 Å². The second-order valence-corrected chi connectivity index (χ2v) is 6.63. The van der Waals surface area contributed by atoms with E-state index in [1.54, 1.807) is 7.11 Å². The maximum atomic E-state index is 12.0. The first kappa shape index (κ1) is 18.1. The lowest BCUT2D eigenvalue weighted by molar-refractivity contribution is 0.239. The SMILES string of the molecule is COc1ccccc1CCNC(=O)NCC1CCN(c2ccccc2)C1. The third-order valence-electron chi connectivity index (χ3n) is 4.83. The Morgan fingerprint density at radius 1 is 1.12 bits per heavy atom. The lowest BCUT2D eigenvalue weighted by atomic mass is 10.1. The summed E-state index contributed by atoms with van der Waals surface area (Å²) in [6.45, 7) is 3.34. The van der Waals surface area contributed by atoms with E-state index < -0.39 is 0 Å². The van der Waals surface area contributed by atoms with E-state index in [0.717, 1.165) is 37.2 Å². The van der Waals surface area contributed by atoms with Crippen molar-refractivity contribution < 1.29 is 9.53 Å². The topological polar surface area (TPSA) is 53.6 Å². The average molecular weight is 353 g/mol.